The fourth-order valence-electron chi connectivity index (χ4n) is 2.77. The molecule has 0 radical (unpaired) electrons. The monoisotopic (exact) mass is 299 g/mol. The number of carbonyl (C=O) groups is 1. The van der Waals surface area contributed by atoms with Gasteiger partial charge in [-0.1, -0.05) is 30.4 Å². The zero-order chi connectivity index (χ0) is 15.6. The van der Waals surface area contributed by atoms with E-state index in [2.05, 4.69) is 11.4 Å². The number of hydrogen-bond acceptors (Lipinski definition) is 3. The van der Waals surface area contributed by atoms with Crippen molar-refractivity contribution in [3.63, 3.8) is 0 Å². The van der Waals surface area contributed by atoms with Gasteiger partial charge in [0.15, 0.2) is 0 Å². The lowest BCUT2D eigenvalue weighted by Crippen LogP contribution is -2.41. The summed E-state index contributed by atoms with van der Waals surface area (Å²) in [6, 6.07) is 9.44. The van der Waals surface area contributed by atoms with Gasteiger partial charge in [0.1, 0.15) is 16.9 Å². The third-order valence-corrected chi connectivity index (χ3v) is 4.20. The van der Waals surface area contributed by atoms with Gasteiger partial charge in [-0.25, -0.2) is 0 Å². The molecule has 1 aliphatic rings. The average Bonchev–Trinajstić information content (AvgIpc) is 2.98. The summed E-state index contributed by atoms with van der Waals surface area (Å²) in [5.41, 5.74) is -0.486. The maximum absolute atomic E-state index is 12.2. The molecule has 1 aliphatic carbocycles. The van der Waals surface area contributed by atoms with E-state index in [-0.39, 0.29) is 18.4 Å². The van der Waals surface area contributed by atoms with Crippen LogP contribution in [0.2, 0.25) is 0 Å². The van der Waals surface area contributed by atoms with Crippen molar-refractivity contribution < 1.29 is 14.3 Å². The Morgan fingerprint density at radius 1 is 1.41 bits per heavy atom. The van der Waals surface area contributed by atoms with Crippen molar-refractivity contribution in [2.75, 3.05) is 6.54 Å². The van der Waals surface area contributed by atoms with Crippen LogP contribution in [0, 0.1) is 5.92 Å². The molecule has 0 bridgehead atoms. The predicted molar refractivity (Wildman–Crippen MR) is 85.3 cm³/mol. The molecule has 0 aliphatic heterocycles. The van der Waals surface area contributed by atoms with E-state index in [0.717, 1.165) is 30.2 Å². The molecule has 0 fully saturated rings. The minimum atomic E-state index is -1.22. The minimum Gasteiger partial charge on any atom is -0.458 e. The van der Waals surface area contributed by atoms with Gasteiger partial charge in [-0.05, 0) is 38.3 Å². The number of amides is 1. The minimum absolute atomic E-state index is 0.000682. The molecule has 0 saturated heterocycles. The number of carbonyl (C=O) groups excluding carboxylic acids is 1. The van der Waals surface area contributed by atoms with E-state index >= 15 is 0 Å². The number of aliphatic hydroxyl groups is 1. The van der Waals surface area contributed by atoms with Gasteiger partial charge in [0.05, 0.1) is 6.54 Å². The second kappa shape index (κ2) is 5.97. The summed E-state index contributed by atoms with van der Waals surface area (Å²) < 4.78 is 5.70. The molecular formula is C18H21NO3. The van der Waals surface area contributed by atoms with Crippen LogP contribution in [0.1, 0.15) is 31.9 Å². The summed E-state index contributed by atoms with van der Waals surface area (Å²) in [4.78, 5) is 12.2. The lowest BCUT2D eigenvalue weighted by molar-refractivity contribution is -0.126. The van der Waals surface area contributed by atoms with Crippen LogP contribution in [0.25, 0.3) is 11.0 Å². The average molecular weight is 299 g/mol. The molecule has 2 N–H and O–H groups in total. The second-order valence-corrected chi connectivity index (χ2v) is 6.12. The molecule has 1 aromatic carbocycles. The van der Waals surface area contributed by atoms with Gasteiger partial charge in [0.25, 0.3) is 0 Å². The lowest BCUT2D eigenvalue weighted by atomic mass is 9.93. The standard InChI is InChI=1S/C18H21NO3/c1-18(21,12-19-17(20)13-7-3-2-4-8-13)16-11-14-9-5-6-10-15(14)22-16/h2-3,5-6,9-11,13,21H,4,7-8,12H2,1H3,(H,19,20). The van der Waals surface area contributed by atoms with Gasteiger partial charge in [-0.15, -0.1) is 0 Å². The first-order chi connectivity index (χ1) is 10.6. The summed E-state index contributed by atoms with van der Waals surface area (Å²) in [5, 5.41) is 14.4. The Bertz CT molecular complexity index is 666. The Kier molecular flexibility index (Phi) is 4.03. The largest absolute Gasteiger partial charge is 0.458 e. The van der Waals surface area contributed by atoms with E-state index in [1.807, 2.05) is 36.4 Å². The van der Waals surface area contributed by atoms with Crippen molar-refractivity contribution in [3.05, 3.63) is 48.2 Å². The van der Waals surface area contributed by atoms with Crippen molar-refractivity contribution in [1.82, 2.24) is 5.32 Å². The lowest BCUT2D eigenvalue weighted by Gasteiger charge is -2.23. The summed E-state index contributed by atoms with van der Waals surface area (Å²) in [5.74, 6) is 0.481. The first-order valence-corrected chi connectivity index (χ1v) is 7.70. The van der Waals surface area contributed by atoms with E-state index in [9.17, 15) is 9.90 Å². The molecule has 4 heteroatoms. The van der Waals surface area contributed by atoms with Crippen LogP contribution in [-0.2, 0) is 10.4 Å². The van der Waals surface area contributed by atoms with Gasteiger partial charge in [0, 0.05) is 11.3 Å². The first kappa shape index (κ1) is 14.9. The Hall–Kier alpha value is -2.07. The number of fused-ring (bicyclic) bond motifs is 1. The Balaban J connectivity index is 1.67. The number of furan rings is 1. The van der Waals surface area contributed by atoms with Crippen molar-refractivity contribution in [3.8, 4) is 0 Å². The van der Waals surface area contributed by atoms with Crippen LogP contribution in [0.15, 0.2) is 46.9 Å². The van der Waals surface area contributed by atoms with Gasteiger partial charge in [-0.2, -0.15) is 0 Å². The van der Waals surface area contributed by atoms with E-state index in [1.54, 1.807) is 6.92 Å². The normalized spacial score (nSPS) is 20.7. The number of nitrogens with one attached hydrogen (secondary N) is 1. The zero-order valence-corrected chi connectivity index (χ0v) is 12.7. The zero-order valence-electron chi connectivity index (χ0n) is 12.7. The molecule has 1 amide bonds. The maximum Gasteiger partial charge on any atom is 0.223 e. The molecule has 0 saturated carbocycles. The number of hydrogen-bond donors (Lipinski definition) is 2. The van der Waals surface area contributed by atoms with Gasteiger partial charge in [-0.3, -0.25) is 4.79 Å². The van der Waals surface area contributed by atoms with Crippen LogP contribution >= 0.6 is 0 Å². The number of rotatable bonds is 4. The molecule has 4 nitrogen and oxygen atoms in total. The Labute approximate surface area is 129 Å². The quantitative estimate of drug-likeness (QED) is 0.853. The molecule has 3 rings (SSSR count). The van der Waals surface area contributed by atoms with Crippen molar-refractivity contribution >= 4 is 16.9 Å². The van der Waals surface area contributed by atoms with E-state index < -0.39 is 5.60 Å². The molecule has 116 valence electrons. The van der Waals surface area contributed by atoms with E-state index in [4.69, 9.17) is 4.42 Å². The number of benzene rings is 1. The van der Waals surface area contributed by atoms with Gasteiger partial charge in [0.2, 0.25) is 5.91 Å². The third kappa shape index (κ3) is 3.07. The third-order valence-electron chi connectivity index (χ3n) is 4.20. The van der Waals surface area contributed by atoms with Crippen LogP contribution in [0.3, 0.4) is 0 Å². The van der Waals surface area contributed by atoms with Crippen LogP contribution in [-0.4, -0.2) is 17.6 Å². The summed E-state index contributed by atoms with van der Waals surface area (Å²) >= 11 is 0. The molecule has 22 heavy (non-hydrogen) atoms. The van der Waals surface area contributed by atoms with Gasteiger partial charge >= 0.3 is 0 Å². The Morgan fingerprint density at radius 2 is 2.23 bits per heavy atom. The molecule has 1 aromatic heterocycles. The van der Waals surface area contributed by atoms with Crippen molar-refractivity contribution in [2.24, 2.45) is 5.92 Å². The predicted octanol–water partition coefficient (Wildman–Crippen LogP) is 3.11. The fraction of sp³-hybridized carbons (Fsp3) is 0.389. The van der Waals surface area contributed by atoms with Crippen LogP contribution in [0.5, 0.6) is 0 Å². The molecule has 2 unspecified atom stereocenters. The molecule has 1 heterocycles. The fourth-order valence-corrected chi connectivity index (χ4v) is 2.77. The van der Waals surface area contributed by atoms with Crippen molar-refractivity contribution in [2.45, 2.75) is 31.8 Å². The molecular weight excluding hydrogens is 278 g/mol. The smallest absolute Gasteiger partial charge is 0.223 e. The summed E-state index contributed by atoms with van der Waals surface area (Å²) in [7, 11) is 0. The highest BCUT2D eigenvalue weighted by Gasteiger charge is 2.29. The number of allylic oxidation sites excluding steroid dienone is 2. The molecule has 2 aromatic rings. The number of para-hydroxylation sites is 1. The highest BCUT2D eigenvalue weighted by atomic mass is 16.4. The van der Waals surface area contributed by atoms with Crippen LogP contribution < -0.4 is 5.32 Å². The maximum atomic E-state index is 12.2. The van der Waals surface area contributed by atoms with Crippen molar-refractivity contribution in [1.29, 1.82) is 0 Å². The topological polar surface area (TPSA) is 62.5 Å². The first-order valence-electron chi connectivity index (χ1n) is 7.70. The summed E-state index contributed by atoms with van der Waals surface area (Å²) in [6.45, 7) is 1.80. The summed E-state index contributed by atoms with van der Waals surface area (Å²) in [6.07, 6.45) is 6.74. The van der Waals surface area contributed by atoms with E-state index in [0.29, 0.717) is 5.76 Å². The van der Waals surface area contributed by atoms with Crippen LogP contribution in [0.4, 0.5) is 0 Å². The second-order valence-electron chi connectivity index (χ2n) is 6.12. The SMILES string of the molecule is CC(O)(CNC(=O)C1CC=CCC1)c1cc2ccccc2o1. The van der Waals surface area contributed by atoms with Gasteiger partial charge < -0.3 is 14.8 Å². The highest BCUT2D eigenvalue weighted by Crippen LogP contribution is 2.27. The molecule has 2 atom stereocenters. The Morgan fingerprint density at radius 3 is 2.95 bits per heavy atom. The highest BCUT2D eigenvalue weighted by molar-refractivity contribution is 5.79. The molecule has 0 spiro atoms. The van der Waals surface area contributed by atoms with E-state index in [1.165, 1.54) is 0 Å².